The lowest BCUT2D eigenvalue weighted by atomic mass is 9.83. The molecule has 1 saturated carbocycles. The molecule has 2 N–H and O–H groups in total. The van der Waals surface area contributed by atoms with Crippen LogP contribution in [-0.2, 0) is 60.8 Å². The minimum atomic E-state index is -0.768. The molecule has 5 atom stereocenters. The zero-order chi connectivity index (χ0) is 41.0. The molecule has 332 valence electrons. The van der Waals surface area contributed by atoms with Gasteiger partial charge in [-0.25, -0.2) is 9.59 Å². The molecule has 0 bridgehead atoms. The van der Waals surface area contributed by atoms with E-state index in [1.807, 2.05) is 60.7 Å². The standard InChI is InChI=1S/C28H42N2O7.C15H21NO4.CH4.ClH/c1-28(2,3)37-27(33)29-24(21-13-9-6-10-14-21)25(31)30-18-22(17-23(30)26(32)34-4)36-16-15-35-19-20-11-7-5-8-12-20;1-18-15(17)14-9-13(10-16-14)20-8-7-19-11-12-5-3-2-4-6-12;;/h5,7-8,11-12,21-24H,6,9-10,13-19H2,1-4H3,(H,29,33);2-6,13-14,16H,7-11H2,1H3;1H4;1H/t22-,23+,24+;13-,14+;;/m11../s1. The van der Waals surface area contributed by atoms with Crippen LogP contribution in [0.3, 0.4) is 0 Å². The lowest BCUT2D eigenvalue weighted by Gasteiger charge is -2.34. The number of nitrogens with zero attached hydrogens (tertiary/aromatic N) is 1. The number of hydrogen-bond acceptors (Lipinski definition) is 12. The molecule has 2 aromatic carbocycles. The third-order valence-corrected chi connectivity index (χ3v) is 10.0. The number of halogens is 1. The van der Waals surface area contributed by atoms with E-state index >= 15 is 0 Å². The number of carbonyl (C=O) groups is 4. The molecule has 59 heavy (non-hydrogen) atoms. The van der Waals surface area contributed by atoms with Gasteiger partial charge in [-0.1, -0.05) is 87.4 Å². The molecule has 15 heteroatoms. The molecule has 0 aromatic heterocycles. The number of ether oxygens (including phenoxy) is 7. The van der Waals surface area contributed by atoms with Crippen molar-refractivity contribution in [2.45, 2.75) is 122 Å². The lowest BCUT2D eigenvalue weighted by Crippen LogP contribution is -2.55. The molecule has 2 aromatic rings. The van der Waals surface area contributed by atoms with E-state index in [4.69, 9.17) is 33.2 Å². The van der Waals surface area contributed by atoms with E-state index in [9.17, 15) is 19.2 Å². The summed E-state index contributed by atoms with van der Waals surface area (Å²) in [4.78, 5) is 51.9. The Labute approximate surface area is 357 Å². The zero-order valence-corrected chi connectivity index (χ0v) is 35.5. The number of esters is 2. The van der Waals surface area contributed by atoms with E-state index in [-0.39, 0.29) is 62.4 Å². The van der Waals surface area contributed by atoms with E-state index in [1.54, 1.807) is 20.8 Å². The third kappa shape index (κ3) is 18.2. The Bertz CT molecular complexity index is 1510. The van der Waals surface area contributed by atoms with Gasteiger partial charge >= 0.3 is 18.0 Å². The van der Waals surface area contributed by atoms with Crippen LogP contribution in [0.2, 0.25) is 0 Å². The molecule has 0 unspecified atom stereocenters. The van der Waals surface area contributed by atoms with Crippen LogP contribution in [0.5, 0.6) is 0 Å². The van der Waals surface area contributed by atoms with Crippen molar-refractivity contribution >= 4 is 36.3 Å². The van der Waals surface area contributed by atoms with E-state index in [1.165, 1.54) is 19.1 Å². The summed E-state index contributed by atoms with van der Waals surface area (Å²) >= 11 is 0. The van der Waals surface area contributed by atoms with Gasteiger partial charge in [-0.15, -0.1) is 12.4 Å². The van der Waals surface area contributed by atoms with Crippen molar-refractivity contribution in [1.82, 2.24) is 15.5 Å². The van der Waals surface area contributed by atoms with Crippen LogP contribution in [0.25, 0.3) is 0 Å². The molecule has 2 heterocycles. The van der Waals surface area contributed by atoms with Crippen LogP contribution < -0.4 is 10.6 Å². The molecule has 3 aliphatic rings. The maximum absolute atomic E-state index is 13.8. The maximum atomic E-state index is 13.8. The van der Waals surface area contributed by atoms with Gasteiger partial charge in [0.25, 0.3) is 0 Å². The molecule has 2 aliphatic heterocycles. The van der Waals surface area contributed by atoms with Crippen LogP contribution in [0.1, 0.15) is 84.3 Å². The second-order valence-electron chi connectivity index (χ2n) is 15.6. The first-order valence-electron chi connectivity index (χ1n) is 20.1. The summed E-state index contributed by atoms with van der Waals surface area (Å²) < 4.78 is 38.0. The highest BCUT2D eigenvalue weighted by Crippen LogP contribution is 2.30. The number of carbonyl (C=O) groups excluding carboxylic acids is 4. The van der Waals surface area contributed by atoms with Gasteiger partial charge in [0.1, 0.15) is 23.7 Å². The fourth-order valence-electron chi connectivity index (χ4n) is 7.21. The van der Waals surface area contributed by atoms with E-state index in [0.717, 1.165) is 43.2 Å². The number of hydrogen-bond donors (Lipinski definition) is 2. The third-order valence-electron chi connectivity index (χ3n) is 10.0. The summed E-state index contributed by atoms with van der Waals surface area (Å²) in [7, 11) is 2.71. The first-order valence-corrected chi connectivity index (χ1v) is 20.1. The van der Waals surface area contributed by atoms with Gasteiger partial charge in [-0.05, 0) is 50.7 Å². The Morgan fingerprint density at radius 3 is 1.83 bits per heavy atom. The van der Waals surface area contributed by atoms with Crippen molar-refractivity contribution in [3.05, 3.63) is 71.8 Å². The summed E-state index contributed by atoms with van der Waals surface area (Å²) in [6, 6.07) is 18.1. The summed E-state index contributed by atoms with van der Waals surface area (Å²) in [6.45, 7) is 9.18. The van der Waals surface area contributed by atoms with Crippen molar-refractivity contribution in [2.75, 3.05) is 53.7 Å². The quantitative estimate of drug-likeness (QED) is 0.109. The first-order chi connectivity index (χ1) is 27.5. The molecule has 1 aliphatic carbocycles. The number of methoxy groups -OCH3 is 2. The smallest absolute Gasteiger partial charge is 0.408 e. The molecule has 0 radical (unpaired) electrons. The van der Waals surface area contributed by atoms with Gasteiger partial charge in [0.2, 0.25) is 5.91 Å². The molecule has 2 saturated heterocycles. The average Bonchev–Trinajstić information content (AvgIpc) is 3.87. The van der Waals surface area contributed by atoms with Crippen LogP contribution in [0.4, 0.5) is 4.79 Å². The molecule has 5 rings (SSSR count). The van der Waals surface area contributed by atoms with E-state index in [2.05, 4.69) is 10.6 Å². The summed E-state index contributed by atoms with van der Waals surface area (Å²) in [5.41, 5.74) is 1.55. The first kappa shape index (κ1) is 51.4. The summed E-state index contributed by atoms with van der Waals surface area (Å²) in [6.07, 6.45) is 4.87. The highest BCUT2D eigenvalue weighted by atomic mass is 35.5. The summed E-state index contributed by atoms with van der Waals surface area (Å²) in [5.74, 6) is -1.02. The monoisotopic (exact) mass is 849 g/mol. The van der Waals surface area contributed by atoms with Crippen LogP contribution in [-0.4, -0.2) is 119 Å². The molecular formula is C44H68ClN3O11. The van der Waals surface area contributed by atoms with Crippen LogP contribution in [0.15, 0.2) is 60.7 Å². The summed E-state index contributed by atoms with van der Waals surface area (Å²) in [5, 5.41) is 5.91. The Hall–Kier alpha value is -3.79. The van der Waals surface area contributed by atoms with Gasteiger partial charge in [0.15, 0.2) is 0 Å². The second kappa shape index (κ2) is 27.1. The molecular weight excluding hydrogens is 782 g/mol. The fourth-order valence-corrected chi connectivity index (χ4v) is 7.21. The largest absolute Gasteiger partial charge is 0.468 e. The Kier molecular flexibility index (Phi) is 23.6. The average molecular weight is 850 g/mol. The van der Waals surface area contributed by atoms with Crippen molar-refractivity contribution in [3.8, 4) is 0 Å². The predicted octanol–water partition coefficient (Wildman–Crippen LogP) is 6.02. The van der Waals surface area contributed by atoms with Gasteiger partial charge in [-0.3, -0.25) is 9.59 Å². The lowest BCUT2D eigenvalue weighted by molar-refractivity contribution is -0.152. The number of likely N-dealkylation sites (tertiary alicyclic amines) is 1. The SMILES string of the molecule is C.COC(=O)[C@@H]1C[C@@H](OCCOCc2ccccc2)CN1.COC(=O)[C@@H]1C[C@@H](OCCOCc2ccccc2)CN1C(=O)[C@@H](NC(=O)OC(C)(C)C)C1CCCCC1.Cl. The highest BCUT2D eigenvalue weighted by molar-refractivity contribution is 5.90. The van der Waals surface area contributed by atoms with Crippen LogP contribution >= 0.6 is 12.4 Å². The number of alkyl carbamates (subject to hydrolysis) is 1. The van der Waals surface area contributed by atoms with E-state index in [0.29, 0.717) is 59.0 Å². The Morgan fingerprint density at radius 2 is 1.31 bits per heavy atom. The van der Waals surface area contributed by atoms with Crippen molar-refractivity contribution in [2.24, 2.45) is 5.92 Å². The number of benzene rings is 2. The molecule has 2 amide bonds. The van der Waals surface area contributed by atoms with E-state index < -0.39 is 29.7 Å². The molecule has 14 nitrogen and oxygen atoms in total. The van der Waals surface area contributed by atoms with Gasteiger partial charge in [-0.2, -0.15) is 0 Å². The minimum absolute atomic E-state index is 0. The Morgan fingerprint density at radius 1 is 0.763 bits per heavy atom. The van der Waals surface area contributed by atoms with Crippen molar-refractivity contribution < 1.29 is 52.3 Å². The second-order valence-corrected chi connectivity index (χ2v) is 15.6. The predicted molar refractivity (Wildman–Crippen MR) is 226 cm³/mol. The number of rotatable bonds is 17. The highest BCUT2D eigenvalue weighted by Gasteiger charge is 2.45. The number of amides is 2. The van der Waals surface area contributed by atoms with Crippen molar-refractivity contribution in [1.29, 1.82) is 0 Å². The topological polar surface area (TPSA) is 160 Å². The van der Waals surface area contributed by atoms with Gasteiger partial charge < -0.3 is 48.7 Å². The van der Waals surface area contributed by atoms with Crippen LogP contribution in [0, 0.1) is 5.92 Å². The van der Waals surface area contributed by atoms with Gasteiger partial charge in [0, 0.05) is 25.9 Å². The number of nitrogens with one attached hydrogen (secondary N) is 2. The maximum Gasteiger partial charge on any atom is 0.408 e. The minimum Gasteiger partial charge on any atom is -0.468 e. The molecule has 0 spiro atoms. The Balaban J connectivity index is 0.000000462. The van der Waals surface area contributed by atoms with Gasteiger partial charge in [0.05, 0.1) is 66.1 Å². The fraction of sp³-hybridized carbons (Fsp3) is 0.636. The van der Waals surface area contributed by atoms with Crippen molar-refractivity contribution in [3.63, 3.8) is 0 Å². The zero-order valence-electron chi connectivity index (χ0n) is 34.7. The normalized spacial score (nSPS) is 20.8. The molecule has 3 fully saturated rings.